The van der Waals surface area contributed by atoms with Gasteiger partial charge in [-0.05, 0) is 62.4 Å². The molecule has 1 aromatic carbocycles. The maximum absolute atomic E-state index is 12.4. The van der Waals surface area contributed by atoms with Crippen molar-refractivity contribution in [3.05, 3.63) is 76.3 Å². The van der Waals surface area contributed by atoms with Crippen LogP contribution in [0.2, 0.25) is 5.02 Å². The Bertz CT molecular complexity index is 1000. The molecule has 0 saturated carbocycles. The zero-order chi connectivity index (χ0) is 18.7. The van der Waals surface area contributed by atoms with Crippen LogP contribution < -0.4 is 5.43 Å². The number of nitrogens with one attached hydrogen (secondary N) is 1. The number of aromatic nitrogens is 1. The molecular weight excluding hydrogens is 350 g/mol. The minimum absolute atomic E-state index is 0.0468. The number of amides is 1. The molecule has 0 atom stereocenters. The molecule has 0 bridgehead atoms. The highest BCUT2D eigenvalue weighted by Crippen LogP contribution is 2.24. The molecule has 0 fully saturated rings. The number of benzene rings is 1. The lowest BCUT2D eigenvalue weighted by atomic mass is 10.2. The third-order valence-electron chi connectivity index (χ3n) is 3.89. The molecule has 0 radical (unpaired) electrons. The van der Waals surface area contributed by atoms with E-state index in [1.807, 2.05) is 44.2 Å². The second-order valence-electron chi connectivity index (χ2n) is 5.77. The van der Waals surface area contributed by atoms with E-state index in [9.17, 15) is 10.1 Å². The fourth-order valence-electron chi connectivity index (χ4n) is 2.50. The van der Waals surface area contributed by atoms with E-state index in [0.29, 0.717) is 16.5 Å². The van der Waals surface area contributed by atoms with Crippen molar-refractivity contribution < 1.29 is 9.21 Å². The second kappa shape index (κ2) is 7.34. The summed E-state index contributed by atoms with van der Waals surface area (Å²) in [5.74, 6) is 0.546. The average molecular weight is 366 g/mol. The topological polar surface area (TPSA) is 71.0 Å². The van der Waals surface area contributed by atoms with E-state index in [2.05, 4.69) is 5.43 Å². The summed E-state index contributed by atoms with van der Waals surface area (Å²) in [6, 6.07) is 16.4. The van der Waals surface area contributed by atoms with E-state index in [4.69, 9.17) is 16.0 Å². The third-order valence-corrected chi connectivity index (χ3v) is 4.14. The molecule has 2 aromatic heterocycles. The molecule has 0 spiro atoms. The van der Waals surface area contributed by atoms with Crippen LogP contribution >= 0.6 is 11.6 Å². The summed E-state index contributed by atoms with van der Waals surface area (Å²) in [5, 5.41) is 9.97. The number of aryl methyl sites for hydroxylation is 2. The van der Waals surface area contributed by atoms with Gasteiger partial charge in [-0.3, -0.25) is 14.9 Å². The molecule has 130 valence electrons. The Morgan fingerprint density at radius 2 is 1.77 bits per heavy atom. The van der Waals surface area contributed by atoms with Crippen molar-refractivity contribution in [1.82, 2.24) is 4.68 Å². The summed E-state index contributed by atoms with van der Waals surface area (Å²) in [4.78, 5) is 12.4. The van der Waals surface area contributed by atoms with Crippen molar-refractivity contribution in [2.45, 2.75) is 13.8 Å². The summed E-state index contributed by atoms with van der Waals surface area (Å²) >= 11 is 5.88. The Labute approximate surface area is 156 Å². The lowest BCUT2D eigenvalue weighted by molar-refractivity contribution is -0.113. The van der Waals surface area contributed by atoms with Gasteiger partial charge in [0.25, 0.3) is 5.91 Å². The van der Waals surface area contributed by atoms with Crippen LogP contribution in [0.15, 0.2) is 58.5 Å². The molecule has 3 rings (SSSR count). The fourth-order valence-corrected chi connectivity index (χ4v) is 2.62. The summed E-state index contributed by atoms with van der Waals surface area (Å²) in [7, 11) is 0. The maximum atomic E-state index is 12.4. The summed E-state index contributed by atoms with van der Waals surface area (Å²) in [6.45, 7) is 3.74. The molecule has 26 heavy (non-hydrogen) atoms. The van der Waals surface area contributed by atoms with E-state index < -0.39 is 5.91 Å². The number of carbonyl (C=O) groups is 1. The summed E-state index contributed by atoms with van der Waals surface area (Å²) < 4.78 is 7.35. The minimum atomic E-state index is -0.501. The Morgan fingerprint density at radius 3 is 2.38 bits per heavy atom. The van der Waals surface area contributed by atoms with E-state index >= 15 is 0 Å². The lowest BCUT2D eigenvalue weighted by Gasteiger charge is -2.10. The molecule has 0 saturated heterocycles. The molecule has 0 aliphatic carbocycles. The van der Waals surface area contributed by atoms with Gasteiger partial charge in [-0.15, -0.1) is 0 Å². The first kappa shape index (κ1) is 17.6. The number of furan rings is 1. The van der Waals surface area contributed by atoms with Crippen LogP contribution in [0.3, 0.4) is 0 Å². The highest BCUT2D eigenvalue weighted by atomic mass is 35.5. The van der Waals surface area contributed by atoms with Gasteiger partial charge in [0.05, 0.1) is 0 Å². The molecule has 2 heterocycles. The van der Waals surface area contributed by atoms with Crippen molar-refractivity contribution in [2.75, 3.05) is 5.43 Å². The normalized spacial score (nSPS) is 11.2. The Morgan fingerprint density at radius 1 is 1.12 bits per heavy atom. The van der Waals surface area contributed by atoms with Crippen molar-refractivity contribution >= 4 is 23.6 Å². The summed E-state index contributed by atoms with van der Waals surface area (Å²) in [5.41, 5.74) is 5.26. The largest absolute Gasteiger partial charge is 0.457 e. The van der Waals surface area contributed by atoms with Crippen molar-refractivity contribution in [2.24, 2.45) is 0 Å². The van der Waals surface area contributed by atoms with Gasteiger partial charge in [0.15, 0.2) is 0 Å². The average Bonchev–Trinajstić information content (AvgIpc) is 3.22. The number of carbonyl (C=O) groups excluding carboxylic acids is 1. The van der Waals surface area contributed by atoms with Crippen LogP contribution in [0, 0.1) is 25.2 Å². The first-order valence-corrected chi connectivity index (χ1v) is 8.29. The van der Waals surface area contributed by atoms with Gasteiger partial charge in [-0.25, -0.2) is 0 Å². The van der Waals surface area contributed by atoms with Crippen LogP contribution in [-0.2, 0) is 4.79 Å². The van der Waals surface area contributed by atoms with Gasteiger partial charge in [0, 0.05) is 28.0 Å². The van der Waals surface area contributed by atoms with Gasteiger partial charge < -0.3 is 4.42 Å². The van der Waals surface area contributed by atoms with Gasteiger partial charge in [-0.2, -0.15) is 5.26 Å². The second-order valence-corrected chi connectivity index (χ2v) is 6.21. The zero-order valence-electron chi connectivity index (χ0n) is 14.3. The quantitative estimate of drug-likeness (QED) is 0.538. The van der Waals surface area contributed by atoms with E-state index in [1.54, 1.807) is 28.9 Å². The Kier molecular flexibility index (Phi) is 4.97. The first-order valence-electron chi connectivity index (χ1n) is 7.92. The highest BCUT2D eigenvalue weighted by Gasteiger charge is 2.13. The van der Waals surface area contributed by atoms with Crippen LogP contribution in [0.5, 0.6) is 0 Å². The molecule has 0 aliphatic rings. The van der Waals surface area contributed by atoms with Gasteiger partial charge in [-0.1, -0.05) is 11.6 Å². The van der Waals surface area contributed by atoms with E-state index in [1.165, 1.54) is 6.08 Å². The molecule has 1 N–H and O–H groups in total. The van der Waals surface area contributed by atoms with Crippen molar-refractivity contribution in [3.8, 4) is 17.4 Å². The molecular formula is C20H16ClN3O2. The van der Waals surface area contributed by atoms with Crippen LogP contribution in [0.25, 0.3) is 17.4 Å². The SMILES string of the molecule is Cc1ccc(C)n1NC(=O)/C(C#N)=C\c1ccc(-c2ccc(Cl)cc2)o1. The van der Waals surface area contributed by atoms with Crippen LogP contribution in [-0.4, -0.2) is 10.6 Å². The third kappa shape index (κ3) is 3.71. The molecule has 0 aliphatic heterocycles. The number of hydrogen-bond acceptors (Lipinski definition) is 3. The molecule has 5 nitrogen and oxygen atoms in total. The number of rotatable bonds is 4. The molecule has 0 unspecified atom stereocenters. The minimum Gasteiger partial charge on any atom is -0.457 e. The number of hydrogen-bond donors (Lipinski definition) is 1. The maximum Gasteiger partial charge on any atom is 0.280 e. The van der Waals surface area contributed by atoms with Crippen LogP contribution in [0.1, 0.15) is 17.1 Å². The van der Waals surface area contributed by atoms with Gasteiger partial charge >= 0.3 is 0 Å². The van der Waals surface area contributed by atoms with Gasteiger partial charge in [0.1, 0.15) is 23.2 Å². The predicted octanol–water partition coefficient (Wildman–Crippen LogP) is 4.70. The Hall–Kier alpha value is -3.23. The number of nitrogens with zero attached hydrogens (tertiary/aromatic N) is 2. The highest BCUT2D eigenvalue weighted by molar-refractivity contribution is 6.30. The van der Waals surface area contributed by atoms with Crippen molar-refractivity contribution in [1.29, 1.82) is 5.26 Å². The van der Waals surface area contributed by atoms with Crippen LogP contribution in [0.4, 0.5) is 0 Å². The van der Waals surface area contributed by atoms with Gasteiger partial charge in [0.2, 0.25) is 0 Å². The molecule has 3 aromatic rings. The zero-order valence-corrected chi connectivity index (χ0v) is 15.0. The predicted molar refractivity (Wildman–Crippen MR) is 101 cm³/mol. The van der Waals surface area contributed by atoms with E-state index in [0.717, 1.165) is 17.0 Å². The number of nitriles is 1. The monoisotopic (exact) mass is 365 g/mol. The summed E-state index contributed by atoms with van der Waals surface area (Å²) in [6.07, 6.45) is 1.42. The molecule has 1 amide bonds. The first-order chi connectivity index (χ1) is 12.5. The Balaban J connectivity index is 1.82. The van der Waals surface area contributed by atoms with Crippen molar-refractivity contribution in [3.63, 3.8) is 0 Å². The molecule has 6 heteroatoms. The fraction of sp³-hybridized carbons (Fsp3) is 0.100. The number of halogens is 1. The lowest BCUT2D eigenvalue weighted by Crippen LogP contribution is -2.25. The van der Waals surface area contributed by atoms with E-state index in [-0.39, 0.29) is 5.57 Å². The smallest absolute Gasteiger partial charge is 0.280 e. The standard InChI is InChI=1S/C20H16ClN3O2/c1-13-3-4-14(2)24(13)23-20(25)16(12-22)11-18-9-10-19(26-18)15-5-7-17(21)8-6-15/h3-11H,1-2H3,(H,23,25)/b16-11-.